The fourth-order valence-corrected chi connectivity index (χ4v) is 0.753. The van der Waals surface area contributed by atoms with Crippen LogP contribution >= 0.6 is 0 Å². The van der Waals surface area contributed by atoms with Crippen molar-refractivity contribution in [3.05, 3.63) is 54.4 Å². The van der Waals surface area contributed by atoms with Crippen molar-refractivity contribution < 1.29 is 4.39 Å². The molecule has 0 aliphatic carbocycles. The van der Waals surface area contributed by atoms with Crippen LogP contribution in [0, 0.1) is 5.82 Å². The minimum atomic E-state index is -0.208. The number of hydrogen-bond donors (Lipinski definition) is 0. The van der Waals surface area contributed by atoms with Crippen molar-refractivity contribution in [2.45, 2.75) is 0 Å². The van der Waals surface area contributed by atoms with E-state index in [4.69, 9.17) is 0 Å². The van der Waals surface area contributed by atoms with E-state index in [0.717, 1.165) is 5.56 Å². The molecular formula is C10H9F. The smallest absolute Gasteiger partial charge is 0.123 e. The molecule has 11 heavy (non-hydrogen) atoms. The second kappa shape index (κ2) is 3.71. The summed E-state index contributed by atoms with van der Waals surface area (Å²) in [6.45, 7) is 3.53. The van der Waals surface area contributed by atoms with Crippen LogP contribution in [0.2, 0.25) is 0 Å². The molecule has 0 aliphatic rings. The zero-order valence-electron chi connectivity index (χ0n) is 6.13. The van der Waals surface area contributed by atoms with Crippen molar-refractivity contribution in [3.63, 3.8) is 0 Å². The first-order valence-electron chi connectivity index (χ1n) is 3.37. The van der Waals surface area contributed by atoms with Crippen molar-refractivity contribution in [2.75, 3.05) is 0 Å². The van der Waals surface area contributed by atoms with Gasteiger partial charge in [0.15, 0.2) is 0 Å². The SMILES string of the molecule is C=C/C=C/c1ccc(F)cc1. The van der Waals surface area contributed by atoms with Gasteiger partial charge in [0.05, 0.1) is 0 Å². The van der Waals surface area contributed by atoms with E-state index in [1.54, 1.807) is 18.2 Å². The summed E-state index contributed by atoms with van der Waals surface area (Å²) >= 11 is 0. The molecule has 0 saturated carbocycles. The molecule has 0 fully saturated rings. The van der Waals surface area contributed by atoms with Crippen LogP contribution in [0.3, 0.4) is 0 Å². The second-order valence-electron chi connectivity index (χ2n) is 2.15. The lowest BCUT2D eigenvalue weighted by Gasteiger charge is -1.90. The molecule has 0 atom stereocenters. The highest BCUT2D eigenvalue weighted by molar-refractivity contribution is 5.50. The van der Waals surface area contributed by atoms with Gasteiger partial charge in [-0.2, -0.15) is 0 Å². The van der Waals surface area contributed by atoms with Crippen LogP contribution in [0.25, 0.3) is 6.08 Å². The molecule has 0 unspecified atom stereocenters. The van der Waals surface area contributed by atoms with Crippen molar-refractivity contribution in [1.82, 2.24) is 0 Å². The minimum Gasteiger partial charge on any atom is -0.207 e. The fourth-order valence-electron chi connectivity index (χ4n) is 0.753. The van der Waals surface area contributed by atoms with Gasteiger partial charge in [0, 0.05) is 0 Å². The molecule has 0 amide bonds. The molecule has 1 aromatic carbocycles. The van der Waals surface area contributed by atoms with Crippen LogP contribution in [0.5, 0.6) is 0 Å². The predicted octanol–water partition coefficient (Wildman–Crippen LogP) is 3.02. The topological polar surface area (TPSA) is 0 Å². The van der Waals surface area contributed by atoms with Crippen LogP contribution < -0.4 is 0 Å². The zero-order chi connectivity index (χ0) is 8.10. The highest BCUT2D eigenvalue weighted by atomic mass is 19.1. The lowest BCUT2D eigenvalue weighted by atomic mass is 10.2. The first-order valence-corrected chi connectivity index (χ1v) is 3.37. The molecule has 1 rings (SSSR count). The Bertz CT molecular complexity index is 257. The van der Waals surface area contributed by atoms with Gasteiger partial charge in [0.25, 0.3) is 0 Å². The van der Waals surface area contributed by atoms with Crippen molar-refractivity contribution >= 4 is 6.08 Å². The van der Waals surface area contributed by atoms with Crippen molar-refractivity contribution in [3.8, 4) is 0 Å². The maximum atomic E-state index is 12.4. The van der Waals surface area contributed by atoms with Gasteiger partial charge in [-0.25, -0.2) is 4.39 Å². The van der Waals surface area contributed by atoms with Crippen molar-refractivity contribution in [1.29, 1.82) is 0 Å². The number of halogens is 1. The Hall–Kier alpha value is -1.37. The Morgan fingerprint density at radius 2 is 1.82 bits per heavy atom. The Morgan fingerprint density at radius 3 is 2.36 bits per heavy atom. The maximum Gasteiger partial charge on any atom is 0.123 e. The third kappa shape index (κ3) is 2.38. The highest BCUT2D eigenvalue weighted by Gasteiger charge is 1.86. The number of benzene rings is 1. The molecule has 1 aromatic rings. The Kier molecular flexibility index (Phi) is 2.61. The van der Waals surface area contributed by atoms with E-state index >= 15 is 0 Å². The number of rotatable bonds is 2. The average Bonchev–Trinajstić information content (AvgIpc) is 2.04. The van der Waals surface area contributed by atoms with Crippen LogP contribution in [0.15, 0.2) is 43.0 Å². The summed E-state index contributed by atoms with van der Waals surface area (Å²) in [5.41, 5.74) is 0.978. The third-order valence-corrected chi connectivity index (χ3v) is 1.29. The summed E-state index contributed by atoms with van der Waals surface area (Å²) in [4.78, 5) is 0. The summed E-state index contributed by atoms with van der Waals surface area (Å²) in [5, 5.41) is 0. The van der Waals surface area contributed by atoms with Crippen LogP contribution in [0.1, 0.15) is 5.56 Å². The first-order chi connectivity index (χ1) is 5.33. The van der Waals surface area contributed by atoms with Gasteiger partial charge in [-0.3, -0.25) is 0 Å². The zero-order valence-corrected chi connectivity index (χ0v) is 6.13. The van der Waals surface area contributed by atoms with E-state index in [1.807, 2.05) is 12.2 Å². The minimum absolute atomic E-state index is 0.208. The molecule has 0 nitrogen and oxygen atoms in total. The molecule has 0 aromatic heterocycles. The Balaban J connectivity index is 2.81. The van der Waals surface area contributed by atoms with Crippen LogP contribution in [-0.4, -0.2) is 0 Å². The van der Waals surface area contributed by atoms with Gasteiger partial charge in [-0.05, 0) is 17.7 Å². The molecule has 0 bridgehead atoms. The largest absolute Gasteiger partial charge is 0.207 e. The molecule has 0 spiro atoms. The molecule has 0 aliphatic heterocycles. The molecule has 0 radical (unpaired) electrons. The fraction of sp³-hybridized carbons (Fsp3) is 0. The quantitative estimate of drug-likeness (QED) is 0.565. The summed E-state index contributed by atoms with van der Waals surface area (Å²) in [7, 11) is 0. The monoisotopic (exact) mass is 148 g/mol. The van der Waals surface area contributed by atoms with E-state index in [9.17, 15) is 4.39 Å². The maximum absolute atomic E-state index is 12.4. The van der Waals surface area contributed by atoms with Gasteiger partial charge in [-0.15, -0.1) is 0 Å². The van der Waals surface area contributed by atoms with E-state index < -0.39 is 0 Å². The molecular weight excluding hydrogens is 139 g/mol. The molecule has 56 valence electrons. The number of hydrogen-bond acceptors (Lipinski definition) is 0. The van der Waals surface area contributed by atoms with Crippen LogP contribution in [0.4, 0.5) is 4.39 Å². The predicted molar refractivity (Wildman–Crippen MR) is 45.6 cm³/mol. The Labute approximate surface area is 65.7 Å². The second-order valence-corrected chi connectivity index (χ2v) is 2.15. The average molecular weight is 148 g/mol. The number of allylic oxidation sites excluding steroid dienone is 2. The lowest BCUT2D eigenvalue weighted by molar-refractivity contribution is 0.628. The summed E-state index contributed by atoms with van der Waals surface area (Å²) in [6, 6.07) is 6.30. The lowest BCUT2D eigenvalue weighted by Crippen LogP contribution is -1.73. The van der Waals surface area contributed by atoms with Crippen molar-refractivity contribution in [2.24, 2.45) is 0 Å². The van der Waals surface area contributed by atoms with E-state index in [0.29, 0.717) is 0 Å². The summed E-state index contributed by atoms with van der Waals surface area (Å²) in [6.07, 6.45) is 5.36. The van der Waals surface area contributed by atoms with E-state index in [-0.39, 0.29) is 5.82 Å². The van der Waals surface area contributed by atoms with Crippen LogP contribution in [-0.2, 0) is 0 Å². The van der Waals surface area contributed by atoms with Gasteiger partial charge < -0.3 is 0 Å². The van der Waals surface area contributed by atoms with Gasteiger partial charge in [0.1, 0.15) is 5.82 Å². The highest BCUT2D eigenvalue weighted by Crippen LogP contribution is 2.04. The molecule has 0 saturated heterocycles. The van der Waals surface area contributed by atoms with E-state index in [2.05, 4.69) is 6.58 Å². The summed E-state index contributed by atoms with van der Waals surface area (Å²) in [5.74, 6) is -0.208. The molecule has 0 heterocycles. The molecule has 1 heteroatoms. The van der Waals surface area contributed by atoms with Gasteiger partial charge in [-0.1, -0.05) is 36.9 Å². The third-order valence-electron chi connectivity index (χ3n) is 1.29. The standard InChI is InChI=1S/C10H9F/c1-2-3-4-9-5-7-10(11)8-6-9/h2-8H,1H2/b4-3+. The van der Waals surface area contributed by atoms with E-state index in [1.165, 1.54) is 12.1 Å². The van der Waals surface area contributed by atoms with Gasteiger partial charge in [0.2, 0.25) is 0 Å². The molecule has 0 N–H and O–H groups in total. The normalized spacial score (nSPS) is 10.3. The first kappa shape index (κ1) is 7.73. The summed E-state index contributed by atoms with van der Waals surface area (Å²) < 4.78 is 12.4. The Morgan fingerprint density at radius 1 is 1.18 bits per heavy atom. The van der Waals surface area contributed by atoms with Gasteiger partial charge >= 0.3 is 0 Å².